The highest BCUT2D eigenvalue weighted by atomic mass is 32.1. The number of carbonyl (C=O) groups is 2. The molecule has 1 N–H and O–H groups in total. The van der Waals surface area contributed by atoms with Crippen molar-refractivity contribution < 1.29 is 19.1 Å². The van der Waals surface area contributed by atoms with Crippen molar-refractivity contribution >= 4 is 23.3 Å². The molecule has 0 saturated heterocycles. The Morgan fingerprint density at radius 2 is 2.00 bits per heavy atom. The number of rotatable bonds is 9. The first-order valence-corrected chi connectivity index (χ1v) is 12.0. The third kappa shape index (κ3) is 5.73. The summed E-state index contributed by atoms with van der Waals surface area (Å²) in [6, 6.07) is 9.16. The van der Waals surface area contributed by atoms with Crippen LogP contribution in [0.15, 0.2) is 35.7 Å². The topological polar surface area (TPSA) is 71.1 Å². The molecule has 2 heterocycles. The Morgan fingerprint density at radius 1 is 1.25 bits per heavy atom. The minimum atomic E-state index is -0.211. The summed E-state index contributed by atoms with van der Waals surface area (Å²) in [5, 5.41) is 4.88. The van der Waals surface area contributed by atoms with Crippen LogP contribution in [0.3, 0.4) is 0 Å². The van der Waals surface area contributed by atoms with Crippen molar-refractivity contribution in [3.63, 3.8) is 0 Å². The summed E-state index contributed by atoms with van der Waals surface area (Å²) in [6.45, 7) is 7.99. The van der Waals surface area contributed by atoms with Gasteiger partial charge in [0, 0.05) is 24.5 Å². The van der Waals surface area contributed by atoms with E-state index in [1.165, 1.54) is 4.88 Å². The number of carbonyl (C=O) groups excluding carboxylic acids is 2. The number of amides is 3. The molecule has 2 aromatic rings. The van der Waals surface area contributed by atoms with Crippen LogP contribution in [-0.2, 0) is 11.2 Å². The Kier molecular flexibility index (Phi) is 8.39. The van der Waals surface area contributed by atoms with Gasteiger partial charge in [-0.3, -0.25) is 4.79 Å². The molecule has 8 heteroatoms. The zero-order chi connectivity index (χ0) is 23.1. The normalized spacial score (nSPS) is 15.3. The molecule has 32 heavy (non-hydrogen) atoms. The van der Waals surface area contributed by atoms with Gasteiger partial charge in [-0.2, -0.15) is 0 Å². The Balaban J connectivity index is 1.78. The van der Waals surface area contributed by atoms with Gasteiger partial charge in [0.2, 0.25) is 5.91 Å². The summed E-state index contributed by atoms with van der Waals surface area (Å²) < 4.78 is 11.5. The van der Waals surface area contributed by atoms with Crippen LogP contribution >= 0.6 is 11.3 Å². The number of methoxy groups -OCH3 is 1. The second-order valence-corrected chi connectivity index (χ2v) is 9.22. The summed E-state index contributed by atoms with van der Waals surface area (Å²) in [7, 11) is 1.61. The van der Waals surface area contributed by atoms with Gasteiger partial charge >= 0.3 is 6.03 Å². The second kappa shape index (κ2) is 11.2. The van der Waals surface area contributed by atoms with Gasteiger partial charge in [-0.15, -0.1) is 11.3 Å². The smallest absolute Gasteiger partial charge is 0.317 e. The Bertz CT molecular complexity index is 914. The molecule has 0 radical (unpaired) electrons. The van der Waals surface area contributed by atoms with Crippen LogP contribution in [0, 0.1) is 5.92 Å². The fraction of sp³-hybridized carbons (Fsp3) is 0.500. The van der Waals surface area contributed by atoms with E-state index in [4.69, 9.17) is 9.47 Å². The van der Waals surface area contributed by atoms with Gasteiger partial charge in [0.05, 0.1) is 13.2 Å². The van der Waals surface area contributed by atoms with Crippen molar-refractivity contribution in [1.82, 2.24) is 15.1 Å². The fourth-order valence-electron chi connectivity index (χ4n) is 3.96. The van der Waals surface area contributed by atoms with Crippen molar-refractivity contribution in [3.05, 3.63) is 46.2 Å². The third-order valence-corrected chi connectivity index (χ3v) is 6.40. The van der Waals surface area contributed by atoms with Gasteiger partial charge in [0.25, 0.3) is 0 Å². The largest absolute Gasteiger partial charge is 0.493 e. The molecule has 0 saturated carbocycles. The van der Waals surface area contributed by atoms with Crippen LogP contribution in [0.25, 0.3) is 0 Å². The number of benzene rings is 1. The fourth-order valence-corrected chi connectivity index (χ4v) is 4.89. The molecule has 0 unspecified atom stereocenters. The lowest BCUT2D eigenvalue weighted by Crippen LogP contribution is -2.50. The lowest BCUT2D eigenvalue weighted by molar-refractivity contribution is -0.135. The average molecular weight is 460 g/mol. The molecule has 7 nitrogen and oxygen atoms in total. The second-order valence-electron chi connectivity index (χ2n) is 8.22. The van der Waals surface area contributed by atoms with Crippen LogP contribution < -0.4 is 14.8 Å². The number of nitrogens with zero attached hydrogens (tertiary/aromatic N) is 2. The maximum atomic E-state index is 13.4. The number of thiophene rings is 1. The average Bonchev–Trinajstić information content (AvgIpc) is 3.26. The van der Waals surface area contributed by atoms with E-state index in [1.54, 1.807) is 23.3 Å². The molecule has 3 amide bonds. The summed E-state index contributed by atoms with van der Waals surface area (Å²) in [5.41, 5.74) is 1.12. The van der Waals surface area contributed by atoms with E-state index in [0.717, 1.165) is 12.0 Å². The molecule has 0 aliphatic carbocycles. The quantitative estimate of drug-likeness (QED) is 0.616. The first-order valence-electron chi connectivity index (χ1n) is 11.1. The predicted octanol–water partition coefficient (Wildman–Crippen LogP) is 3.95. The molecule has 174 valence electrons. The molecule has 1 aromatic heterocycles. The van der Waals surface area contributed by atoms with E-state index in [-0.39, 0.29) is 30.4 Å². The van der Waals surface area contributed by atoms with Gasteiger partial charge in [0.1, 0.15) is 13.2 Å². The van der Waals surface area contributed by atoms with Gasteiger partial charge in [-0.25, -0.2) is 4.79 Å². The summed E-state index contributed by atoms with van der Waals surface area (Å²) in [5.74, 6) is 1.50. The number of nitrogens with one attached hydrogen (secondary N) is 1. The van der Waals surface area contributed by atoms with Gasteiger partial charge in [-0.1, -0.05) is 26.0 Å². The Hall–Kier alpha value is -2.74. The number of urea groups is 1. The summed E-state index contributed by atoms with van der Waals surface area (Å²) in [6.07, 6.45) is 0.815. The molecule has 0 bridgehead atoms. The highest BCUT2D eigenvalue weighted by molar-refractivity contribution is 7.10. The Morgan fingerprint density at radius 3 is 2.69 bits per heavy atom. The third-order valence-electron chi connectivity index (χ3n) is 5.41. The van der Waals surface area contributed by atoms with E-state index < -0.39 is 0 Å². The molecular formula is C24H33N3O4S. The molecule has 1 aliphatic heterocycles. The zero-order valence-electron chi connectivity index (χ0n) is 19.3. The van der Waals surface area contributed by atoms with Crippen LogP contribution in [0.1, 0.15) is 37.3 Å². The number of fused-ring (bicyclic) bond motifs is 1. The lowest BCUT2D eigenvalue weighted by Gasteiger charge is -2.37. The number of para-hydroxylation sites is 2. The lowest BCUT2D eigenvalue weighted by atomic mass is 10.0. The van der Waals surface area contributed by atoms with Gasteiger partial charge < -0.3 is 24.6 Å². The number of hydrogen-bond donors (Lipinski definition) is 1. The molecule has 1 aliphatic rings. The monoisotopic (exact) mass is 459 g/mol. The highest BCUT2D eigenvalue weighted by Crippen LogP contribution is 2.35. The predicted molar refractivity (Wildman–Crippen MR) is 126 cm³/mol. The van der Waals surface area contributed by atoms with Crippen LogP contribution in [0.2, 0.25) is 0 Å². The summed E-state index contributed by atoms with van der Waals surface area (Å²) >= 11 is 1.71. The van der Waals surface area contributed by atoms with E-state index >= 15 is 0 Å². The first-order chi connectivity index (χ1) is 15.4. The molecule has 0 spiro atoms. The first kappa shape index (κ1) is 23.9. The van der Waals surface area contributed by atoms with Crippen molar-refractivity contribution in [2.24, 2.45) is 5.92 Å². The minimum Gasteiger partial charge on any atom is -0.493 e. The minimum absolute atomic E-state index is 0.0502. The SMILES string of the molecule is CCNC(=O)N(CC(=O)N1CCc2sccc2[C@H]1COc1ccccc1OC)CC(C)C. The van der Waals surface area contributed by atoms with Crippen molar-refractivity contribution in [2.75, 3.05) is 39.9 Å². The maximum Gasteiger partial charge on any atom is 0.317 e. The van der Waals surface area contributed by atoms with Gasteiger partial charge in [-0.05, 0) is 48.4 Å². The molecule has 3 rings (SSSR count). The van der Waals surface area contributed by atoms with Crippen molar-refractivity contribution in [2.45, 2.75) is 33.2 Å². The highest BCUT2D eigenvalue weighted by Gasteiger charge is 2.33. The number of hydrogen-bond acceptors (Lipinski definition) is 5. The van der Waals surface area contributed by atoms with Gasteiger partial charge in [0.15, 0.2) is 11.5 Å². The number of ether oxygens (including phenoxy) is 2. The zero-order valence-corrected chi connectivity index (χ0v) is 20.1. The van der Waals surface area contributed by atoms with Crippen LogP contribution in [0.4, 0.5) is 4.79 Å². The summed E-state index contributed by atoms with van der Waals surface area (Å²) in [4.78, 5) is 30.7. The van der Waals surface area contributed by atoms with E-state index in [1.807, 2.05) is 49.9 Å². The van der Waals surface area contributed by atoms with E-state index in [9.17, 15) is 9.59 Å². The van der Waals surface area contributed by atoms with Crippen molar-refractivity contribution in [1.29, 1.82) is 0 Å². The molecular weight excluding hydrogens is 426 g/mol. The van der Waals surface area contributed by atoms with Crippen LogP contribution in [0.5, 0.6) is 11.5 Å². The molecule has 0 fully saturated rings. The molecule has 1 aromatic carbocycles. The standard InChI is InChI=1S/C24H33N3O4S/c1-5-25-24(29)26(14-17(2)3)15-23(28)27-12-10-22-18(11-13-32-22)19(27)16-31-21-9-7-6-8-20(21)30-4/h6-9,11,13,17,19H,5,10,12,14-16H2,1-4H3,(H,25,29)/t19-/m1/s1. The van der Waals surface area contributed by atoms with E-state index in [0.29, 0.717) is 37.7 Å². The maximum absolute atomic E-state index is 13.4. The van der Waals surface area contributed by atoms with E-state index in [2.05, 4.69) is 16.8 Å². The van der Waals surface area contributed by atoms with Crippen molar-refractivity contribution in [3.8, 4) is 11.5 Å². The molecule has 1 atom stereocenters. The van der Waals surface area contributed by atoms with Crippen LogP contribution in [-0.4, -0.2) is 61.6 Å². The Labute approximate surface area is 194 Å².